The average Bonchev–Trinajstić information content (AvgIpc) is 2.66. The molecule has 0 saturated carbocycles. The third-order valence-corrected chi connectivity index (χ3v) is 4.26. The van der Waals surface area contributed by atoms with E-state index < -0.39 is 11.6 Å². The fraction of sp³-hybridized carbons (Fsp3) is 0.316. The van der Waals surface area contributed by atoms with Crippen LogP contribution in [0.2, 0.25) is 0 Å². The molecule has 0 unspecified atom stereocenters. The van der Waals surface area contributed by atoms with Crippen molar-refractivity contribution in [2.75, 3.05) is 43.0 Å². The molecule has 2 aromatic rings. The molecule has 1 N–H and O–H groups in total. The smallest absolute Gasteiger partial charge is 0.322 e. The van der Waals surface area contributed by atoms with E-state index in [2.05, 4.69) is 5.32 Å². The Balaban J connectivity index is 1.59. The van der Waals surface area contributed by atoms with Gasteiger partial charge >= 0.3 is 6.03 Å². The third-order valence-electron chi connectivity index (χ3n) is 4.26. The number of nitrogens with one attached hydrogen (secondary N) is 1. The molecule has 0 aliphatic carbocycles. The molecule has 0 aromatic heterocycles. The van der Waals surface area contributed by atoms with Crippen LogP contribution in [0.1, 0.15) is 6.92 Å². The van der Waals surface area contributed by atoms with Crippen LogP contribution in [-0.2, 0) is 0 Å². The predicted molar refractivity (Wildman–Crippen MR) is 96.8 cm³/mol. The number of hydrogen-bond donors (Lipinski definition) is 1. The van der Waals surface area contributed by atoms with Gasteiger partial charge in [-0.05, 0) is 31.2 Å². The largest absolute Gasteiger partial charge is 0.492 e. The number of carbonyl (C=O) groups excluding carboxylic acids is 1. The summed E-state index contributed by atoms with van der Waals surface area (Å²) in [5, 5.41) is 2.87. The molecule has 3 rings (SSSR count). The number of piperazine rings is 1. The molecule has 2 aromatic carbocycles. The Morgan fingerprint density at radius 3 is 2.50 bits per heavy atom. The van der Waals surface area contributed by atoms with Gasteiger partial charge in [0.25, 0.3) is 0 Å². The molecule has 1 aliphatic heterocycles. The fourth-order valence-electron chi connectivity index (χ4n) is 2.90. The highest BCUT2D eigenvalue weighted by molar-refractivity contribution is 5.91. The molecular formula is C19H21F2N3O2. The molecule has 1 aliphatic rings. The number of hydrogen-bond acceptors (Lipinski definition) is 3. The van der Waals surface area contributed by atoms with Crippen LogP contribution >= 0.6 is 0 Å². The van der Waals surface area contributed by atoms with Crippen LogP contribution < -0.4 is 15.0 Å². The first-order valence-corrected chi connectivity index (χ1v) is 8.56. The molecule has 0 spiro atoms. The van der Waals surface area contributed by atoms with Crippen molar-refractivity contribution in [2.45, 2.75) is 6.92 Å². The second-order valence-electron chi connectivity index (χ2n) is 5.93. The van der Waals surface area contributed by atoms with Gasteiger partial charge in [-0.25, -0.2) is 13.6 Å². The van der Waals surface area contributed by atoms with Gasteiger partial charge in [0.05, 0.1) is 12.3 Å². The maximum absolute atomic E-state index is 13.4. The Labute approximate surface area is 151 Å². The molecular weight excluding hydrogens is 340 g/mol. The quantitative estimate of drug-likeness (QED) is 0.903. The van der Waals surface area contributed by atoms with Crippen LogP contribution in [0.25, 0.3) is 0 Å². The number of benzene rings is 2. The van der Waals surface area contributed by atoms with Crippen molar-refractivity contribution in [1.29, 1.82) is 0 Å². The molecule has 1 heterocycles. The summed E-state index contributed by atoms with van der Waals surface area (Å²) in [6.45, 7) is 4.47. The number of nitrogens with zero attached hydrogens (tertiary/aromatic N) is 2. The zero-order valence-corrected chi connectivity index (χ0v) is 14.5. The normalized spacial score (nSPS) is 14.3. The first kappa shape index (κ1) is 18.0. The van der Waals surface area contributed by atoms with Crippen molar-refractivity contribution in [3.63, 3.8) is 0 Å². The standard InChI is InChI=1S/C19H21F2N3O2/c1-2-26-18-6-4-3-5-17(18)22-19(25)24-11-9-23(10-12-24)14-7-8-15(20)16(21)13-14/h3-8,13H,2,9-12H2,1H3,(H,22,25). The number of urea groups is 1. The fourth-order valence-corrected chi connectivity index (χ4v) is 2.90. The van der Waals surface area contributed by atoms with Gasteiger partial charge in [-0.3, -0.25) is 0 Å². The number of para-hydroxylation sites is 2. The number of halogens is 2. The lowest BCUT2D eigenvalue weighted by Crippen LogP contribution is -2.50. The lowest BCUT2D eigenvalue weighted by atomic mass is 10.2. The summed E-state index contributed by atoms with van der Waals surface area (Å²) in [6, 6.07) is 10.9. The molecule has 138 valence electrons. The predicted octanol–water partition coefficient (Wildman–Crippen LogP) is 3.72. The highest BCUT2D eigenvalue weighted by Crippen LogP contribution is 2.24. The van der Waals surface area contributed by atoms with Gasteiger partial charge in [-0.1, -0.05) is 12.1 Å². The molecule has 0 atom stereocenters. The summed E-state index contributed by atoms with van der Waals surface area (Å²) in [5.41, 5.74) is 1.24. The summed E-state index contributed by atoms with van der Waals surface area (Å²) in [5.74, 6) is -1.10. The molecule has 0 bridgehead atoms. The van der Waals surface area contributed by atoms with Crippen LogP contribution in [-0.4, -0.2) is 43.7 Å². The Kier molecular flexibility index (Phi) is 5.55. The number of rotatable bonds is 4. The van der Waals surface area contributed by atoms with E-state index in [4.69, 9.17) is 4.74 Å². The number of anilines is 2. The van der Waals surface area contributed by atoms with Gasteiger partial charge in [0, 0.05) is 37.9 Å². The third kappa shape index (κ3) is 4.04. The highest BCUT2D eigenvalue weighted by Gasteiger charge is 2.22. The Morgan fingerprint density at radius 1 is 1.08 bits per heavy atom. The maximum atomic E-state index is 13.4. The summed E-state index contributed by atoms with van der Waals surface area (Å²) in [4.78, 5) is 16.1. The van der Waals surface area contributed by atoms with E-state index in [1.54, 1.807) is 23.1 Å². The van der Waals surface area contributed by atoms with Gasteiger partial charge < -0.3 is 19.9 Å². The molecule has 1 saturated heterocycles. The van der Waals surface area contributed by atoms with Crippen LogP contribution in [0.3, 0.4) is 0 Å². The van der Waals surface area contributed by atoms with Crippen molar-refractivity contribution >= 4 is 17.4 Å². The lowest BCUT2D eigenvalue weighted by Gasteiger charge is -2.36. The summed E-state index contributed by atoms with van der Waals surface area (Å²) < 4.78 is 32.0. The summed E-state index contributed by atoms with van der Waals surface area (Å²) in [6.07, 6.45) is 0. The summed E-state index contributed by atoms with van der Waals surface area (Å²) >= 11 is 0. The summed E-state index contributed by atoms with van der Waals surface area (Å²) in [7, 11) is 0. The molecule has 5 nitrogen and oxygen atoms in total. The van der Waals surface area contributed by atoms with Crippen molar-refractivity contribution < 1.29 is 18.3 Å². The van der Waals surface area contributed by atoms with Crippen LogP contribution in [0, 0.1) is 11.6 Å². The van der Waals surface area contributed by atoms with E-state index >= 15 is 0 Å². The van der Waals surface area contributed by atoms with Gasteiger partial charge in [0.1, 0.15) is 5.75 Å². The first-order valence-electron chi connectivity index (χ1n) is 8.56. The van der Waals surface area contributed by atoms with E-state index in [9.17, 15) is 13.6 Å². The van der Waals surface area contributed by atoms with Gasteiger partial charge in [0.2, 0.25) is 0 Å². The van der Waals surface area contributed by atoms with E-state index in [0.29, 0.717) is 49.9 Å². The SMILES string of the molecule is CCOc1ccccc1NC(=O)N1CCN(c2ccc(F)c(F)c2)CC1. The van der Waals surface area contributed by atoms with Gasteiger partial charge in [-0.2, -0.15) is 0 Å². The number of ether oxygens (including phenoxy) is 1. The second-order valence-corrected chi connectivity index (χ2v) is 5.93. The number of amides is 2. The minimum atomic E-state index is -0.866. The molecule has 1 fully saturated rings. The van der Waals surface area contributed by atoms with E-state index in [1.807, 2.05) is 24.0 Å². The van der Waals surface area contributed by atoms with E-state index in [0.717, 1.165) is 6.07 Å². The molecule has 2 amide bonds. The monoisotopic (exact) mass is 361 g/mol. The lowest BCUT2D eigenvalue weighted by molar-refractivity contribution is 0.208. The van der Waals surface area contributed by atoms with Crippen molar-refractivity contribution in [3.8, 4) is 5.75 Å². The molecule has 0 radical (unpaired) electrons. The Bertz CT molecular complexity index is 777. The topological polar surface area (TPSA) is 44.8 Å². The van der Waals surface area contributed by atoms with Crippen LogP contribution in [0.4, 0.5) is 25.0 Å². The highest BCUT2D eigenvalue weighted by atomic mass is 19.2. The Morgan fingerprint density at radius 2 is 1.81 bits per heavy atom. The van der Waals surface area contributed by atoms with Crippen molar-refractivity contribution in [1.82, 2.24) is 4.90 Å². The number of carbonyl (C=O) groups is 1. The zero-order chi connectivity index (χ0) is 18.5. The second kappa shape index (κ2) is 8.03. The molecule has 26 heavy (non-hydrogen) atoms. The van der Waals surface area contributed by atoms with Crippen LogP contribution in [0.15, 0.2) is 42.5 Å². The van der Waals surface area contributed by atoms with Gasteiger partial charge in [0.15, 0.2) is 11.6 Å². The van der Waals surface area contributed by atoms with Crippen molar-refractivity contribution in [3.05, 3.63) is 54.1 Å². The zero-order valence-electron chi connectivity index (χ0n) is 14.5. The maximum Gasteiger partial charge on any atom is 0.322 e. The Hall–Kier alpha value is -2.83. The van der Waals surface area contributed by atoms with E-state index in [-0.39, 0.29) is 6.03 Å². The first-order chi connectivity index (χ1) is 12.6. The average molecular weight is 361 g/mol. The molecule has 7 heteroatoms. The van der Waals surface area contributed by atoms with Crippen molar-refractivity contribution in [2.24, 2.45) is 0 Å². The van der Waals surface area contributed by atoms with Crippen LogP contribution in [0.5, 0.6) is 5.75 Å². The van der Waals surface area contributed by atoms with Gasteiger partial charge in [-0.15, -0.1) is 0 Å². The minimum Gasteiger partial charge on any atom is -0.492 e. The van der Waals surface area contributed by atoms with E-state index in [1.165, 1.54) is 6.07 Å². The minimum absolute atomic E-state index is 0.206.